The van der Waals surface area contributed by atoms with Gasteiger partial charge in [0.15, 0.2) is 11.6 Å². The minimum atomic E-state index is -0.403. The summed E-state index contributed by atoms with van der Waals surface area (Å²) in [5.41, 5.74) is 2.27. The molecule has 0 spiro atoms. The lowest BCUT2D eigenvalue weighted by molar-refractivity contribution is -0.385. The van der Waals surface area contributed by atoms with E-state index in [-0.39, 0.29) is 5.69 Å². The predicted molar refractivity (Wildman–Crippen MR) is 76.4 cm³/mol. The van der Waals surface area contributed by atoms with Crippen LogP contribution >= 0.6 is 0 Å². The molecule has 104 valence electrons. The fraction of sp³-hybridized carbons (Fsp3) is 0.0714. The van der Waals surface area contributed by atoms with E-state index in [0.717, 1.165) is 11.1 Å². The molecule has 0 atom stereocenters. The summed E-state index contributed by atoms with van der Waals surface area (Å²) in [5, 5.41) is 17.8. The highest BCUT2D eigenvalue weighted by atomic mass is 16.6. The van der Waals surface area contributed by atoms with Gasteiger partial charge in [-0.25, -0.2) is 4.98 Å². The summed E-state index contributed by atoms with van der Waals surface area (Å²) < 4.78 is 0. The van der Waals surface area contributed by atoms with Crippen LogP contribution < -0.4 is 0 Å². The molecule has 1 aromatic carbocycles. The van der Waals surface area contributed by atoms with E-state index < -0.39 is 4.92 Å². The SMILES string of the molecule is Cc1cc(-c2n[nH]c(-c3ccncc3)n2)ccc1[N+](=O)[O-]. The van der Waals surface area contributed by atoms with Crippen LogP contribution in [0.15, 0.2) is 42.7 Å². The van der Waals surface area contributed by atoms with Crippen molar-refractivity contribution in [1.82, 2.24) is 20.2 Å². The van der Waals surface area contributed by atoms with Crippen LogP contribution in [0.1, 0.15) is 5.56 Å². The smallest absolute Gasteiger partial charge is 0.265 e. The molecule has 0 aliphatic heterocycles. The Labute approximate surface area is 119 Å². The van der Waals surface area contributed by atoms with Crippen molar-refractivity contribution >= 4 is 5.69 Å². The van der Waals surface area contributed by atoms with Crippen LogP contribution in [0.4, 0.5) is 5.69 Å². The molecule has 21 heavy (non-hydrogen) atoms. The van der Waals surface area contributed by atoms with Crippen molar-refractivity contribution < 1.29 is 4.92 Å². The monoisotopic (exact) mass is 281 g/mol. The van der Waals surface area contributed by atoms with E-state index in [1.807, 2.05) is 12.1 Å². The first kappa shape index (κ1) is 12.9. The second-order valence-corrected chi connectivity index (χ2v) is 4.50. The largest absolute Gasteiger partial charge is 0.272 e. The van der Waals surface area contributed by atoms with Crippen LogP contribution in [0, 0.1) is 17.0 Å². The first-order valence-corrected chi connectivity index (χ1v) is 6.23. The third kappa shape index (κ3) is 2.48. The number of aromatic nitrogens is 4. The number of aryl methyl sites for hydroxylation is 1. The highest BCUT2D eigenvalue weighted by Gasteiger charge is 2.13. The normalized spacial score (nSPS) is 10.5. The van der Waals surface area contributed by atoms with Crippen molar-refractivity contribution in [3.63, 3.8) is 0 Å². The number of nitro groups is 1. The maximum atomic E-state index is 10.8. The number of pyridine rings is 1. The van der Waals surface area contributed by atoms with Crippen LogP contribution in [-0.2, 0) is 0 Å². The molecule has 7 heteroatoms. The first-order valence-electron chi connectivity index (χ1n) is 6.23. The third-order valence-electron chi connectivity index (χ3n) is 3.09. The number of aromatic amines is 1. The average Bonchev–Trinajstić information content (AvgIpc) is 2.97. The third-order valence-corrected chi connectivity index (χ3v) is 3.09. The van der Waals surface area contributed by atoms with Gasteiger partial charge in [-0.1, -0.05) is 0 Å². The molecule has 0 unspecified atom stereocenters. The number of nitrogens with one attached hydrogen (secondary N) is 1. The standard InChI is InChI=1S/C14H11N5O2/c1-9-8-11(2-3-12(9)19(20)21)14-16-13(17-18-14)10-4-6-15-7-5-10/h2-8H,1H3,(H,16,17,18). The molecule has 0 saturated carbocycles. The molecule has 0 aliphatic rings. The second kappa shape index (κ2) is 5.12. The fourth-order valence-corrected chi connectivity index (χ4v) is 2.03. The van der Waals surface area contributed by atoms with Crippen LogP contribution in [0.3, 0.4) is 0 Å². The Morgan fingerprint density at radius 2 is 1.90 bits per heavy atom. The van der Waals surface area contributed by atoms with Crippen molar-refractivity contribution in [2.45, 2.75) is 6.92 Å². The minimum Gasteiger partial charge on any atom is -0.265 e. The molecule has 0 fully saturated rings. The first-order chi connectivity index (χ1) is 10.1. The Kier molecular flexibility index (Phi) is 3.15. The highest BCUT2D eigenvalue weighted by molar-refractivity contribution is 5.63. The Hall–Kier alpha value is -3.09. The van der Waals surface area contributed by atoms with Gasteiger partial charge in [-0.3, -0.25) is 20.2 Å². The molecule has 0 saturated heterocycles. The molecule has 2 aromatic heterocycles. The average molecular weight is 281 g/mol. The van der Waals surface area contributed by atoms with E-state index in [2.05, 4.69) is 20.2 Å². The molecule has 3 aromatic rings. The number of H-pyrrole nitrogens is 1. The molecule has 2 heterocycles. The highest BCUT2D eigenvalue weighted by Crippen LogP contribution is 2.25. The van der Waals surface area contributed by atoms with Gasteiger partial charge in [-0.2, -0.15) is 5.10 Å². The molecular weight excluding hydrogens is 270 g/mol. The zero-order chi connectivity index (χ0) is 14.8. The van der Waals surface area contributed by atoms with Gasteiger partial charge >= 0.3 is 0 Å². The van der Waals surface area contributed by atoms with Crippen molar-refractivity contribution in [3.05, 3.63) is 58.4 Å². The lowest BCUT2D eigenvalue weighted by Gasteiger charge is -1.99. The maximum Gasteiger partial charge on any atom is 0.272 e. The van der Waals surface area contributed by atoms with E-state index in [4.69, 9.17) is 0 Å². The summed E-state index contributed by atoms with van der Waals surface area (Å²) in [5.74, 6) is 1.13. The van der Waals surface area contributed by atoms with Gasteiger partial charge in [0, 0.05) is 35.2 Å². The quantitative estimate of drug-likeness (QED) is 0.588. The van der Waals surface area contributed by atoms with Gasteiger partial charge in [0.1, 0.15) is 0 Å². The summed E-state index contributed by atoms with van der Waals surface area (Å²) in [6, 6.07) is 8.46. The van der Waals surface area contributed by atoms with Crippen LogP contribution in [0.5, 0.6) is 0 Å². The molecule has 7 nitrogen and oxygen atoms in total. The number of nitrogens with zero attached hydrogens (tertiary/aromatic N) is 4. The van der Waals surface area contributed by atoms with Crippen molar-refractivity contribution in [2.24, 2.45) is 0 Å². The molecule has 0 bridgehead atoms. The van der Waals surface area contributed by atoms with Gasteiger partial charge in [-0.05, 0) is 31.2 Å². The Morgan fingerprint density at radius 1 is 1.14 bits per heavy atom. The molecular formula is C14H11N5O2. The zero-order valence-corrected chi connectivity index (χ0v) is 11.1. The number of hydrogen-bond donors (Lipinski definition) is 1. The van der Waals surface area contributed by atoms with Crippen molar-refractivity contribution in [1.29, 1.82) is 0 Å². The van der Waals surface area contributed by atoms with E-state index in [1.165, 1.54) is 6.07 Å². The van der Waals surface area contributed by atoms with Gasteiger partial charge in [0.25, 0.3) is 5.69 Å². The summed E-state index contributed by atoms with van der Waals surface area (Å²) in [6.07, 6.45) is 3.35. The molecule has 0 aliphatic carbocycles. The Bertz CT molecular complexity index is 798. The van der Waals surface area contributed by atoms with Crippen LogP contribution in [-0.4, -0.2) is 25.1 Å². The number of nitro benzene ring substituents is 1. The van der Waals surface area contributed by atoms with Gasteiger partial charge in [0.05, 0.1) is 4.92 Å². The molecule has 0 amide bonds. The van der Waals surface area contributed by atoms with Crippen LogP contribution in [0.25, 0.3) is 22.8 Å². The molecule has 1 N–H and O–H groups in total. The van der Waals surface area contributed by atoms with Gasteiger partial charge in [0.2, 0.25) is 0 Å². The Balaban J connectivity index is 1.97. The lowest BCUT2D eigenvalue weighted by atomic mass is 10.1. The fourth-order valence-electron chi connectivity index (χ4n) is 2.03. The van der Waals surface area contributed by atoms with E-state index >= 15 is 0 Å². The van der Waals surface area contributed by atoms with E-state index in [9.17, 15) is 10.1 Å². The summed E-state index contributed by atoms with van der Waals surface area (Å²) in [7, 11) is 0. The number of hydrogen-bond acceptors (Lipinski definition) is 5. The van der Waals surface area contributed by atoms with E-state index in [0.29, 0.717) is 17.2 Å². The lowest BCUT2D eigenvalue weighted by Crippen LogP contribution is -1.92. The zero-order valence-electron chi connectivity index (χ0n) is 11.1. The molecule has 0 radical (unpaired) electrons. The predicted octanol–water partition coefficient (Wildman–Crippen LogP) is 2.75. The summed E-state index contributed by atoms with van der Waals surface area (Å²) >= 11 is 0. The topological polar surface area (TPSA) is 97.6 Å². The van der Waals surface area contributed by atoms with Gasteiger partial charge < -0.3 is 0 Å². The number of rotatable bonds is 3. The van der Waals surface area contributed by atoms with E-state index in [1.54, 1.807) is 31.5 Å². The van der Waals surface area contributed by atoms with Crippen molar-refractivity contribution in [2.75, 3.05) is 0 Å². The number of benzene rings is 1. The summed E-state index contributed by atoms with van der Waals surface area (Å²) in [6.45, 7) is 1.69. The van der Waals surface area contributed by atoms with Gasteiger partial charge in [-0.15, -0.1) is 0 Å². The maximum absolute atomic E-state index is 10.8. The minimum absolute atomic E-state index is 0.0867. The Morgan fingerprint density at radius 3 is 2.57 bits per heavy atom. The van der Waals surface area contributed by atoms with Crippen LogP contribution in [0.2, 0.25) is 0 Å². The molecule has 3 rings (SSSR count). The van der Waals surface area contributed by atoms with Crippen molar-refractivity contribution in [3.8, 4) is 22.8 Å². The second-order valence-electron chi connectivity index (χ2n) is 4.50. The summed E-state index contributed by atoms with van der Waals surface area (Å²) in [4.78, 5) is 18.8.